The maximum absolute atomic E-state index is 13.1. The average Bonchev–Trinajstić information content (AvgIpc) is 2.21. The Morgan fingerprint density at radius 1 is 1.26 bits per heavy atom. The molecule has 0 rings (SSSR count). The van der Waals surface area contributed by atoms with Gasteiger partial charge in [0, 0.05) is 6.92 Å². The standard InChI is InChI=1S/C11H18F3NO4/c1-5-18-9(17)10(11(12,13)14,15-8(4)16)19-6-7(2)3/h7H,5-6H2,1-4H3,(H,15,16)/t10-/m1/s1. The highest BCUT2D eigenvalue weighted by molar-refractivity contribution is 5.86. The number of amides is 1. The Morgan fingerprint density at radius 2 is 1.79 bits per heavy atom. The van der Waals surface area contributed by atoms with Crippen molar-refractivity contribution in [3.63, 3.8) is 0 Å². The minimum absolute atomic E-state index is 0.259. The summed E-state index contributed by atoms with van der Waals surface area (Å²) in [7, 11) is 0. The summed E-state index contributed by atoms with van der Waals surface area (Å²) in [6.07, 6.45) is -5.13. The van der Waals surface area contributed by atoms with Crippen LogP contribution in [0.15, 0.2) is 0 Å². The molecule has 0 bridgehead atoms. The van der Waals surface area contributed by atoms with Gasteiger partial charge in [-0.2, -0.15) is 13.2 Å². The summed E-state index contributed by atoms with van der Waals surface area (Å²) in [5, 5.41) is 1.51. The van der Waals surface area contributed by atoms with Crippen molar-refractivity contribution < 1.29 is 32.2 Å². The largest absolute Gasteiger partial charge is 0.462 e. The number of nitrogens with one attached hydrogen (secondary N) is 1. The predicted molar refractivity (Wildman–Crippen MR) is 60.0 cm³/mol. The lowest BCUT2D eigenvalue weighted by Crippen LogP contribution is -2.66. The molecule has 0 saturated heterocycles. The van der Waals surface area contributed by atoms with Crippen LogP contribution in [0.25, 0.3) is 0 Å². The molecule has 0 aromatic rings. The molecule has 0 aromatic heterocycles. The van der Waals surface area contributed by atoms with Crippen molar-refractivity contribution in [1.29, 1.82) is 0 Å². The normalized spacial score (nSPS) is 14.9. The molecule has 5 nitrogen and oxygen atoms in total. The molecule has 0 saturated carbocycles. The molecular formula is C11H18F3NO4. The lowest BCUT2D eigenvalue weighted by molar-refractivity contribution is -0.288. The maximum atomic E-state index is 13.1. The molecule has 0 heterocycles. The van der Waals surface area contributed by atoms with E-state index in [0.717, 1.165) is 6.92 Å². The second kappa shape index (κ2) is 6.74. The summed E-state index contributed by atoms with van der Waals surface area (Å²) >= 11 is 0. The highest BCUT2D eigenvalue weighted by Gasteiger charge is 2.64. The van der Waals surface area contributed by atoms with Gasteiger partial charge in [0.15, 0.2) is 0 Å². The number of alkyl halides is 3. The van der Waals surface area contributed by atoms with Crippen LogP contribution < -0.4 is 5.32 Å². The molecule has 0 spiro atoms. The van der Waals surface area contributed by atoms with E-state index in [1.54, 1.807) is 13.8 Å². The number of esters is 1. The predicted octanol–water partition coefficient (Wildman–Crippen LogP) is 1.62. The van der Waals surface area contributed by atoms with E-state index >= 15 is 0 Å². The van der Waals surface area contributed by atoms with Crippen molar-refractivity contribution >= 4 is 11.9 Å². The summed E-state index contributed by atoms with van der Waals surface area (Å²) in [5.41, 5.74) is -3.46. The zero-order chi connectivity index (χ0) is 15.3. The van der Waals surface area contributed by atoms with Gasteiger partial charge >= 0.3 is 17.9 Å². The molecule has 0 aliphatic carbocycles. The number of halogens is 3. The molecule has 19 heavy (non-hydrogen) atoms. The summed E-state index contributed by atoms with van der Waals surface area (Å²) in [5.74, 6) is -2.99. The fourth-order valence-electron chi connectivity index (χ4n) is 1.19. The molecule has 1 N–H and O–H groups in total. The van der Waals surface area contributed by atoms with Gasteiger partial charge in [0.05, 0.1) is 13.2 Å². The van der Waals surface area contributed by atoms with Crippen LogP contribution in [-0.2, 0) is 19.1 Å². The Labute approximate surface area is 109 Å². The number of hydrogen-bond acceptors (Lipinski definition) is 4. The van der Waals surface area contributed by atoms with Crippen LogP contribution in [0.5, 0.6) is 0 Å². The van der Waals surface area contributed by atoms with Gasteiger partial charge in [-0.15, -0.1) is 0 Å². The number of ether oxygens (including phenoxy) is 2. The third-order valence-electron chi connectivity index (χ3n) is 1.95. The molecule has 0 aromatic carbocycles. The third kappa shape index (κ3) is 4.70. The first-order valence-electron chi connectivity index (χ1n) is 5.73. The Hall–Kier alpha value is -1.31. The average molecular weight is 285 g/mol. The molecule has 0 aliphatic heterocycles. The van der Waals surface area contributed by atoms with E-state index in [1.807, 2.05) is 0 Å². The van der Waals surface area contributed by atoms with E-state index in [0.29, 0.717) is 0 Å². The lowest BCUT2D eigenvalue weighted by Gasteiger charge is -2.33. The molecule has 1 amide bonds. The molecule has 0 unspecified atom stereocenters. The second-order valence-corrected chi connectivity index (χ2v) is 4.29. The van der Waals surface area contributed by atoms with E-state index in [2.05, 4.69) is 9.47 Å². The Bertz CT molecular complexity index is 330. The van der Waals surface area contributed by atoms with Gasteiger partial charge in [-0.1, -0.05) is 13.8 Å². The van der Waals surface area contributed by atoms with Gasteiger partial charge in [-0.25, -0.2) is 4.79 Å². The van der Waals surface area contributed by atoms with E-state index in [-0.39, 0.29) is 19.1 Å². The summed E-state index contributed by atoms with van der Waals surface area (Å²) in [6.45, 7) is 4.81. The molecule has 112 valence electrons. The number of carbonyl (C=O) groups is 2. The van der Waals surface area contributed by atoms with Crippen molar-refractivity contribution in [1.82, 2.24) is 5.32 Å². The topological polar surface area (TPSA) is 64.6 Å². The van der Waals surface area contributed by atoms with Crippen LogP contribution in [-0.4, -0.2) is 37.0 Å². The maximum Gasteiger partial charge on any atom is 0.448 e. The van der Waals surface area contributed by atoms with Crippen molar-refractivity contribution in [3.05, 3.63) is 0 Å². The highest BCUT2D eigenvalue weighted by Crippen LogP contribution is 2.33. The van der Waals surface area contributed by atoms with Crippen LogP contribution >= 0.6 is 0 Å². The van der Waals surface area contributed by atoms with Crippen molar-refractivity contribution in [2.24, 2.45) is 5.92 Å². The van der Waals surface area contributed by atoms with Gasteiger partial charge < -0.3 is 14.8 Å². The molecule has 0 aliphatic rings. The first-order valence-corrected chi connectivity index (χ1v) is 5.73. The fourth-order valence-corrected chi connectivity index (χ4v) is 1.19. The summed E-state index contributed by atoms with van der Waals surface area (Å²) < 4.78 is 48.4. The van der Waals surface area contributed by atoms with Crippen LogP contribution in [0.2, 0.25) is 0 Å². The van der Waals surface area contributed by atoms with Crippen LogP contribution in [0.4, 0.5) is 13.2 Å². The zero-order valence-corrected chi connectivity index (χ0v) is 11.3. The monoisotopic (exact) mass is 285 g/mol. The highest BCUT2D eigenvalue weighted by atomic mass is 19.4. The Morgan fingerprint density at radius 3 is 2.11 bits per heavy atom. The fraction of sp³-hybridized carbons (Fsp3) is 0.818. The smallest absolute Gasteiger partial charge is 0.448 e. The first-order chi connectivity index (χ1) is 8.56. The molecule has 8 heteroatoms. The van der Waals surface area contributed by atoms with Gasteiger partial charge in [0.2, 0.25) is 5.91 Å². The molecule has 0 fully saturated rings. The van der Waals surface area contributed by atoms with Gasteiger partial charge in [0.1, 0.15) is 0 Å². The van der Waals surface area contributed by atoms with Gasteiger partial charge in [0.25, 0.3) is 0 Å². The first kappa shape index (κ1) is 17.7. The van der Waals surface area contributed by atoms with Gasteiger partial charge in [-0.3, -0.25) is 4.79 Å². The Balaban J connectivity index is 5.44. The van der Waals surface area contributed by atoms with Crippen LogP contribution in [0, 0.1) is 5.92 Å². The van der Waals surface area contributed by atoms with Crippen LogP contribution in [0.3, 0.4) is 0 Å². The third-order valence-corrected chi connectivity index (χ3v) is 1.95. The van der Waals surface area contributed by atoms with E-state index in [1.165, 1.54) is 12.2 Å². The molecule has 1 atom stereocenters. The van der Waals surface area contributed by atoms with Crippen molar-refractivity contribution in [2.45, 2.75) is 39.6 Å². The second-order valence-electron chi connectivity index (χ2n) is 4.29. The molecular weight excluding hydrogens is 267 g/mol. The van der Waals surface area contributed by atoms with Crippen molar-refractivity contribution in [3.8, 4) is 0 Å². The van der Waals surface area contributed by atoms with E-state index in [9.17, 15) is 22.8 Å². The van der Waals surface area contributed by atoms with E-state index < -0.39 is 23.8 Å². The van der Waals surface area contributed by atoms with Crippen molar-refractivity contribution in [2.75, 3.05) is 13.2 Å². The lowest BCUT2D eigenvalue weighted by atomic mass is 10.2. The minimum Gasteiger partial charge on any atom is -0.462 e. The summed E-state index contributed by atoms with van der Waals surface area (Å²) in [4.78, 5) is 22.5. The summed E-state index contributed by atoms with van der Waals surface area (Å²) in [6, 6.07) is 0. The van der Waals surface area contributed by atoms with Crippen LogP contribution in [0.1, 0.15) is 27.7 Å². The minimum atomic E-state index is -5.13. The zero-order valence-electron chi connectivity index (χ0n) is 11.3. The van der Waals surface area contributed by atoms with E-state index in [4.69, 9.17) is 0 Å². The van der Waals surface area contributed by atoms with Gasteiger partial charge in [-0.05, 0) is 12.8 Å². The Kier molecular flexibility index (Phi) is 6.28. The number of rotatable bonds is 6. The number of hydrogen-bond donors (Lipinski definition) is 1. The molecule has 0 radical (unpaired) electrons. The number of carbonyl (C=O) groups excluding carboxylic acids is 2. The quantitative estimate of drug-likeness (QED) is 0.595. The SMILES string of the molecule is CCOC(=O)[C@@](NC(C)=O)(OCC(C)C)C(F)(F)F.